The molecule has 33 heteroatoms. The van der Waals surface area contributed by atoms with E-state index in [-0.39, 0.29) is 55.4 Å². The fourth-order valence-corrected chi connectivity index (χ4v) is 10.1. The summed E-state index contributed by atoms with van der Waals surface area (Å²) in [5.74, 6) is 0.710. The molecule has 63 heavy (non-hydrogen) atoms. The minimum absolute atomic E-state index is 0.0105. The molecule has 1 aromatic rings. The van der Waals surface area contributed by atoms with Gasteiger partial charge in [-0.05, 0) is 12.8 Å². The molecule has 0 bridgehead atoms. The molecule has 1 aromatic heterocycles. The Labute approximate surface area is 365 Å². The van der Waals surface area contributed by atoms with Crippen molar-refractivity contribution in [2.24, 2.45) is 0 Å². The fraction of sp³-hybridized carbons (Fsp3) is 0.600. The van der Waals surface area contributed by atoms with E-state index in [0.717, 1.165) is 10.8 Å². The number of aliphatic hydroxyl groups excluding tert-OH is 1. The van der Waals surface area contributed by atoms with Gasteiger partial charge in [0, 0.05) is 50.4 Å². The minimum Gasteiger partial charge on any atom is -0.481 e. The normalized spacial score (nSPS) is 18.9. The Morgan fingerprint density at radius 2 is 1.67 bits per heavy atom. The number of carbonyl (C=O) groups is 6. The molecular formula is C30H46N7O21P3S2. The average Bonchev–Trinajstić information content (AvgIpc) is 3.51. The van der Waals surface area contributed by atoms with Crippen molar-refractivity contribution < 1.29 is 95.2 Å². The van der Waals surface area contributed by atoms with Crippen molar-refractivity contribution in [2.45, 2.75) is 82.4 Å². The second-order valence-electron chi connectivity index (χ2n) is 12.9. The number of anilines is 1. The number of phosphoric acid groups is 3. The predicted octanol–water partition coefficient (Wildman–Crippen LogP) is -1.72. The number of ether oxygens (including phenoxy) is 1. The molecule has 0 spiro atoms. The number of nitrogens with zero attached hydrogens (tertiary/aromatic N) is 2. The number of hydrogen-bond donors (Lipinski definition) is 12. The number of hydrogen-bond acceptors (Lipinski definition) is 19. The first-order valence-electron chi connectivity index (χ1n) is 18.1. The van der Waals surface area contributed by atoms with E-state index in [1.54, 1.807) is 0 Å². The van der Waals surface area contributed by atoms with E-state index in [1.807, 2.05) is 0 Å². The first kappa shape index (κ1) is 55.2. The summed E-state index contributed by atoms with van der Waals surface area (Å²) in [5, 5.41) is 38.1. The van der Waals surface area contributed by atoms with Crippen molar-refractivity contribution in [2.75, 3.05) is 36.9 Å². The van der Waals surface area contributed by atoms with Gasteiger partial charge in [0.15, 0.2) is 0 Å². The molecule has 2 heterocycles. The zero-order chi connectivity index (χ0) is 47.5. The van der Waals surface area contributed by atoms with Gasteiger partial charge in [0.2, 0.25) is 23.6 Å². The number of nitrogen functional groups attached to an aromatic ring is 1. The number of aromatic nitrogens is 2. The first-order chi connectivity index (χ1) is 29.3. The number of aliphatic hydroxyl groups is 1. The van der Waals surface area contributed by atoms with Crippen LogP contribution in [0.1, 0.15) is 63.7 Å². The number of rotatable bonds is 27. The molecule has 7 atom stereocenters. The minimum atomic E-state index is -5.79. The molecule has 1 aliphatic heterocycles. The predicted molar refractivity (Wildman–Crippen MR) is 218 cm³/mol. The lowest BCUT2D eigenvalue weighted by molar-refractivity contribution is -0.147. The van der Waals surface area contributed by atoms with Gasteiger partial charge in [0.1, 0.15) is 30.2 Å². The highest BCUT2D eigenvalue weighted by Gasteiger charge is 2.43. The van der Waals surface area contributed by atoms with Gasteiger partial charge in [0.25, 0.3) is 0 Å². The molecule has 1 aliphatic rings. The van der Waals surface area contributed by atoms with Crippen LogP contribution in [0.2, 0.25) is 0 Å². The van der Waals surface area contributed by atoms with Gasteiger partial charge in [-0.2, -0.15) is 13.6 Å². The summed E-state index contributed by atoms with van der Waals surface area (Å²) in [6, 6.07) is -2.43. The Hall–Kier alpha value is -3.91. The summed E-state index contributed by atoms with van der Waals surface area (Å²) in [5.41, 5.74) is 4.89. The Kier molecular flexibility index (Phi) is 22.9. The third kappa shape index (κ3) is 22.5. The molecule has 1 saturated heterocycles. The van der Waals surface area contributed by atoms with Gasteiger partial charge in [-0.3, -0.25) is 33.1 Å². The highest BCUT2D eigenvalue weighted by Crippen LogP contribution is 2.66. The summed E-state index contributed by atoms with van der Waals surface area (Å²) in [6.45, 7) is 0.326. The lowest BCUT2D eigenvalue weighted by Gasteiger charge is -2.19. The standard InChI is InChI=1S/C30H46N7O21P3S2/c1-17(38)34-20(28(44)33-9-4-2-3-7-24(41)35-19(29(45)46)12-26(42)43)16-63-62-11-8-23(40)32-10-5-6-18-14-37(30(47)36-27(18)31)25-13-21(39)22(56-25)15-55-60(51,52)58-61(53,54)57-59(48,49)50/h14,19-22,25,39H,2-4,7-13,15-16H2,1H3,(H,32,40)(H,33,44)(H,34,38)(H,35,41)(H,42,43)(H,45,46)(H,51,52)(H,53,54)(H2,31,36,47)(H2,48,49,50). The Morgan fingerprint density at radius 3 is 2.30 bits per heavy atom. The number of nitrogens with two attached hydrogens (primary N) is 1. The van der Waals surface area contributed by atoms with Crippen LogP contribution < -0.4 is 32.7 Å². The average molecular weight is 998 g/mol. The first-order valence-corrected chi connectivity index (χ1v) is 25.1. The number of unbranched alkanes of at least 4 members (excludes halogenated alkanes) is 2. The van der Waals surface area contributed by atoms with Crippen LogP contribution in [0.4, 0.5) is 5.82 Å². The number of carbonyl (C=O) groups excluding carboxylic acids is 4. The summed E-state index contributed by atoms with van der Waals surface area (Å²) < 4.78 is 52.4. The summed E-state index contributed by atoms with van der Waals surface area (Å²) in [6.07, 6.45) is -2.76. The molecule has 354 valence electrons. The molecule has 7 unspecified atom stereocenters. The van der Waals surface area contributed by atoms with Gasteiger partial charge in [0.05, 0.1) is 31.2 Å². The summed E-state index contributed by atoms with van der Waals surface area (Å²) in [7, 11) is -14.4. The van der Waals surface area contributed by atoms with Gasteiger partial charge in [-0.25, -0.2) is 23.3 Å². The number of amides is 4. The van der Waals surface area contributed by atoms with Crippen molar-refractivity contribution in [3.63, 3.8) is 0 Å². The summed E-state index contributed by atoms with van der Waals surface area (Å²) in [4.78, 5) is 123. The Morgan fingerprint density at radius 1 is 0.968 bits per heavy atom. The van der Waals surface area contributed by atoms with Crippen LogP contribution in [0.25, 0.3) is 0 Å². The molecular weight excluding hydrogens is 951 g/mol. The second kappa shape index (κ2) is 26.1. The third-order valence-electron chi connectivity index (χ3n) is 7.73. The monoisotopic (exact) mass is 997 g/mol. The van der Waals surface area contributed by atoms with Crippen molar-refractivity contribution in [3.8, 4) is 11.8 Å². The van der Waals surface area contributed by atoms with Crippen LogP contribution >= 0.6 is 45.1 Å². The maximum absolute atomic E-state index is 12.7. The highest BCUT2D eigenvalue weighted by atomic mass is 33.1. The number of carboxylic acids is 2. The topological polar surface area (TPSA) is 441 Å². The van der Waals surface area contributed by atoms with E-state index in [0.29, 0.717) is 25.0 Å². The summed E-state index contributed by atoms with van der Waals surface area (Å²) >= 11 is 0. The van der Waals surface area contributed by atoms with Crippen LogP contribution in [0.3, 0.4) is 0 Å². The lowest BCUT2D eigenvalue weighted by atomic mass is 10.1. The SMILES string of the molecule is CC(=O)NC(CSSCCC(=O)NCC#Cc1cn(C2CC(O)C(COP(=O)(O)OP(=O)(O)OP(=O)(O)O)O2)c(=O)nc1N)C(=O)NCCCCCC(=O)NC(CC(=O)O)C(=O)O. The maximum atomic E-state index is 12.7. The van der Waals surface area contributed by atoms with Gasteiger partial charge >= 0.3 is 41.1 Å². The maximum Gasteiger partial charge on any atom is 0.490 e. The molecule has 0 saturated carbocycles. The van der Waals surface area contributed by atoms with E-state index in [1.165, 1.54) is 28.5 Å². The zero-order valence-corrected chi connectivity index (χ0v) is 37.2. The van der Waals surface area contributed by atoms with Crippen LogP contribution in [-0.4, -0.2) is 136 Å². The molecule has 1 fully saturated rings. The number of phosphoric ester groups is 1. The third-order valence-corrected chi connectivity index (χ3v) is 13.9. The fourth-order valence-electron chi connectivity index (χ4n) is 4.96. The van der Waals surface area contributed by atoms with E-state index in [4.69, 9.17) is 30.5 Å². The molecule has 0 radical (unpaired) electrons. The van der Waals surface area contributed by atoms with Crippen LogP contribution in [0, 0.1) is 11.8 Å². The van der Waals surface area contributed by atoms with Crippen molar-refractivity contribution in [1.29, 1.82) is 0 Å². The second-order valence-corrected chi connectivity index (χ2v) is 19.9. The van der Waals surface area contributed by atoms with Crippen molar-refractivity contribution in [3.05, 3.63) is 22.2 Å². The van der Waals surface area contributed by atoms with E-state index in [2.05, 4.69) is 51.2 Å². The van der Waals surface area contributed by atoms with Crippen LogP contribution in [-0.2, 0) is 60.3 Å². The number of aliphatic carboxylic acids is 2. The van der Waals surface area contributed by atoms with E-state index < -0.39 is 102 Å². The van der Waals surface area contributed by atoms with Crippen LogP contribution in [0.5, 0.6) is 0 Å². The van der Waals surface area contributed by atoms with E-state index >= 15 is 0 Å². The largest absolute Gasteiger partial charge is 0.490 e. The molecule has 28 nitrogen and oxygen atoms in total. The van der Waals surface area contributed by atoms with Gasteiger partial charge in [-0.1, -0.05) is 39.8 Å². The Bertz CT molecular complexity index is 2080. The quantitative estimate of drug-likeness (QED) is 0.0202. The molecule has 0 aromatic carbocycles. The Balaban J connectivity index is 1.77. The number of nitrogens with one attached hydrogen (secondary N) is 4. The molecule has 13 N–H and O–H groups in total. The van der Waals surface area contributed by atoms with Gasteiger partial charge < -0.3 is 66.6 Å². The molecule has 4 amide bonds. The highest BCUT2D eigenvalue weighted by molar-refractivity contribution is 8.76. The molecule has 2 rings (SSSR count). The molecule has 0 aliphatic carbocycles. The lowest BCUT2D eigenvalue weighted by Crippen LogP contribution is -2.47. The number of carboxylic acid groups (broad SMARTS) is 2. The van der Waals surface area contributed by atoms with Crippen LogP contribution in [0.15, 0.2) is 11.0 Å². The van der Waals surface area contributed by atoms with E-state index in [9.17, 15) is 62.2 Å². The zero-order valence-electron chi connectivity index (χ0n) is 32.9. The van der Waals surface area contributed by atoms with Crippen molar-refractivity contribution >= 4 is 86.4 Å². The smallest absolute Gasteiger partial charge is 0.481 e. The van der Waals surface area contributed by atoms with Gasteiger partial charge in [-0.15, -0.1) is 0 Å². The van der Waals surface area contributed by atoms with Crippen molar-refractivity contribution in [1.82, 2.24) is 30.8 Å².